The van der Waals surface area contributed by atoms with Gasteiger partial charge < -0.3 is 10.2 Å². The lowest BCUT2D eigenvalue weighted by Gasteiger charge is -2.39. The number of urea groups is 1. The summed E-state index contributed by atoms with van der Waals surface area (Å²) in [6.07, 6.45) is 0.802. The van der Waals surface area contributed by atoms with E-state index in [0.717, 1.165) is 11.3 Å². The Morgan fingerprint density at radius 2 is 2.15 bits per heavy atom. The van der Waals surface area contributed by atoms with Crippen molar-refractivity contribution in [3.05, 3.63) is 0 Å². The van der Waals surface area contributed by atoms with Gasteiger partial charge in [-0.15, -0.1) is 0 Å². The highest BCUT2D eigenvalue weighted by Crippen LogP contribution is 2.26. The number of alkyl halides is 2. The Morgan fingerprint density at radius 1 is 1.62 bits per heavy atom. The lowest BCUT2D eigenvalue weighted by Crippen LogP contribution is -2.61. The van der Waals surface area contributed by atoms with Gasteiger partial charge in [0.1, 0.15) is 0 Å². The quantitative estimate of drug-likeness (QED) is 0.705. The molecule has 0 unspecified atom stereocenters. The SMILES string of the molecule is CC[C@@H](C)NC(=O)N1CC(F)(F)C1. The number of hydrogen-bond donors (Lipinski definition) is 1. The van der Waals surface area contributed by atoms with Crippen molar-refractivity contribution in [1.82, 2.24) is 10.2 Å². The molecule has 1 aliphatic rings. The first-order valence-electron chi connectivity index (χ1n) is 4.38. The van der Waals surface area contributed by atoms with Gasteiger partial charge in [-0.1, -0.05) is 6.92 Å². The molecular formula is C8H14F2N2O. The number of carbonyl (C=O) groups excluding carboxylic acids is 1. The molecule has 0 aromatic heterocycles. The third-order valence-corrected chi connectivity index (χ3v) is 2.11. The Kier molecular flexibility index (Phi) is 2.73. The van der Waals surface area contributed by atoms with E-state index in [2.05, 4.69) is 5.32 Å². The lowest BCUT2D eigenvalue weighted by atomic mass is 10.1. The van der Waals surface area contributed by atoms with Crippen LogP contribution < -0.4 is 5.32 Å². The first-order valence-corrected chi connectivity index (χ1v) is 4.38. The lowest BCUT2D eigenvalue weighted by molar-refractivity contribution is -0.109. The highest BCUT2D eigenvalue weighted by Gasteiger charge is 2.46. The molecule has 0 aliphatic carbocycles. The Labute approximate surface area is 76.1 Å². The van der Waals surface area contributed by atoms with Gasteiger partial charge in [0.2, 0.25) is 0 Å². The van der Waals surface area contributed by atoms with Crippen molar-refractivity contribution in [2.24, 2.45) is 0 Å². The van der Waals surface area contributed by atoms with E-state index in [1.807, 2.05) is 13.8 Å². The molecule has 1 N–H and O–H groups in total. The van der Waals surface area contributed by atoms with Crippen LogP contribution in [0.1, 0.15) is 20.3 Å². The van der Waals surface area contributed by atoms with Crippen LogP contribution >= 0.6 is 0 Å². The molecule has 1 rings (SSSR count). The van der Waals surface area contributed by atoms with E-state index < -0.39 is 19.0 Å². The summed E-state index contributed by atoms with van der Waals surface area (Å²) in [5.41, 5.74) is 0. The van der Waals surface area contributed by atoms with E-state index in [0.29, 0.717) is 0 Å². The average molecular weight is 192 g/mol. The molecule has 0 bridgehead atoms. The predicted molar refractivity (Wildman–Crippen MR) is 44.8 cm³/mol. The smallest absolute Gasteiger partial charge is 0.318 e. The van der Waals surface area contributed by atoms with Crippen molar-refractivity contribution >= 4 is 6.03 Å². The van der Waals surface area contributed by atoms with Crippen LogP contribution in [0.3, 0.4) is 0 Å². The van der Waals surface area contributed by atoms with Crippen LogP contribution in [0.2, 0.25) is 0 Å². The summed E-state index contributed by atoms with van der Waals surface area (Å²) >= 11 is 0. The van der Waals surface area contributed by atoms with Crippen molar-refractivity contribution in [1.29, 1.82) is 0 Å². The van der Waals surface area contributed by atoms with Crippen LogP contribution in [0, 0.1) is 0 Å². The molecule has 1 atom stereocenters. The third kappa shape index (κ3) is 2.54. The van der Waals surface area contributed by atoms with Crippen LogP contribution in [-0.4, -0.2) is 36.0 Å². The second-order valence-corrected chi connectivity index (χ2v) is 3.47. The van der Waals surface area contributed by atoms with E-state index in [-0.39, 0.29) is 12.1 Å². The predicted octanol–water partition coefficient (Wildman–Crippen LogP) is 1.45. The first kappa shape index (κ1) is 10.2. The zero-order valence-corrected chi connectivity index (χ0v) is 7.81. The number of nitrogens with one attached hydrogen (secondary N) is 1. The van der Waals surface area contributed by atoms with E-state index >= 15 is 0 Å². The summed E-state index contributed by atoms with van der Waals surface area (Å²) < 4.78 is 24.7. The Morgan fingerprint density at radius 3 is 2.54 bits per heavy atom. The zero-order chi connectivity index (χ0) is 10.1. The van der Waals surface area contributed by atoms with Gasteiger partial charge in [-0.2, -0.15) is 0 Å². The van der Waals surface area contributed by atoms with Gasteiger partial charge in [-0.3, -0.25) is 0 Å². The summed E-state index contributed by atoms with van der Waals surface area (Å²) in [4.78, 5) is 12.3. The Hall–Kier alpha value is -0.870. The molecule has 1 fully saturated rings. The van der Waals surface area contributed by atoms with E-state index in [1.165, 1.54) is 0 Å². The standard InChI is InChI=1S/C8H14F2N2O/c1-3-6(2)11-7(13)12-4-8(9,10)5-12/h6H,3-5H2,1-2H3,(H,11,13)/t6-/m1/s1. The minimum absolute atomic E-state index is 0.0433. The van der Waals surface area contributed by atoms with E-state index in [4.69, 9.17) is 0 Å². The number of nitrogens with zero attached hydrogens (tertiary/aromatic N) is 1. The molecule has 1 saturated heterocycles. The number of halogens is 2. The normalized spacial score (nSPS) is 22.0. The van der Waals surface area contributed by atoms with Gasteiger partial charge in [-0.05, 0) is 13.3 Å². The third-order valence-electron chi connectivity index (χ3n) is 2.11. The maximum atomic E-state index is 12.3. The van der Waals surface area contributed by atoms with Gasteiger partial charge in [0.15, 0.2) is 0 Å². The molecule has 5 heteroatoms. The molecule has 13 heavy (non-hydrogen) atoms. The number of rotatable bonds is 2. The molecule has 1 aliphatic heterocycles. The van der Waals surface area contributed by atoms with Crippen LogP contribution in [0.4, 0.5) is 13.6 Å². The maximum absolute atomic E-state index is 12.3. The van der Waals surface area contributed by atoms with Crippen molar-refractivity contribution in [2.75, 3.05) is 13.1 Å². The maximum Gasteiger partial charge on any atom is 0.318 e. The van der Waals surface area contributed by atoms with Gasteiger partial charge >= 0.3 is 6.03 Å². The van der Waals surface area contributed by atoms with Gasteiger partial charge in [0, 0.05) is 6.04 Å². The van der Waals surface area contributed by atoms with Crippen molar-refractivity contribution < 1.29 is 13.6 Å². The molecule has 0 saturated carbocycles. The van der Waals surface area contributed by atoms with Crippen molar-refractivity contribution in [2.45, 2.75) is 32.2 Å². The Balaban J connectivity index is 2.27. The second-order valence-electron chi connectivity index (χ2n) is 3.47. The minimum Gasteiger partial charge on any atom is -0.336 e. The Bertz CT molecular complexity index is 200. The molecule has 0 spiro atoms. The average Bonchev–Trinajstić information content (AvgIpc) is 1.99. The summed E-state index contributed by atoms with van der Waals surface area (Å²) in [5, 5.41) is 2.62. The summed E-state index contributed by atoms with van der Waals surface area (Å²) in [7, 11) is 0. The molecular weight excluding hydrogens is 178 g/mol. The van der Waals surface area contributed by atoms with Crippen molar-refractivity contribution in [3.63, 3.8) is 0 Å². The van der Waals surface area contributed by atoms with Crippen LogP contribution in [0.25, 0.3) is 0 Å². The molecule has 0 aromatic carbocycles. The zero-order valence-electron chi connectivity index (χ0n) is 7.81. The second kappa shape index (κ2) is 3.47. The highest BCUT2D eigenvalue weighted by molar-refractivity contribution is 5.75. The van der Waals surface area contributed by atoms with Crippen LogP contribution in [-0.2, 0) is 0 Å². The molecule has 76 valence electrons. The summed E-state index contributed by atoms with van der Waals surface area (Å²) in [5.74, 6) is -2.67. The number of amides is 2. The molecule has 3 nitrogen and oxygen atoms in total. The fraction of sp³-hybridized carbons (Fsp3) is 0.875. The summed E-state index contributed by atoms with van der Waals surface area (Å²) in [6, 6.07) is -0.345. The van der Waals surface area contributed by atoms with Crippen molar-refractivity contribution in [3.8, 4) is 0 Å². The van der Waals surface area contributed by atoms with E-state index in [9.17, 15) is 13.6 Å². The van der Waals surface area contributed by atoms with Crippen LogP contribution in [0.15, 0.2) is 0 Å². The molecule has 1 heterocycles. The number of hydrogen-bond acceptors (Lipinski definition) is 1. The van der Waals surface area contributed by atoms with Gasteiger partial charge in [-0.25, -0.2) is 13.6 Å². The number of carbonyl (C=O) groups is 1. The first-order chi connectivity index (χ1) is 5.94. The largest absolute Gasteiger partial charge is 0.336 e. The number of likely N-dealkylation sites (tertiary alicyclic amines) is 1. The molecule has 2 amide bonds. The molecule has 0 radical (unpaired) electrons. The van der Waals surface area contributed by atoms with Crippen LogP contribution in [0.5, 0.6) is 0 Å². The van der Waals surface area contributed by atoms with Gasteiger partial charge in [0.05, 0.1) is 13.1 Å². The molecule has 0 aromatic rings. The monoisotopic (exact) mass is 192 g/mol. The van der Waals surface area contributed by atoms with Gasteiger partial charge in [0.25, 0.3) is 5.92 Å². The van der Waals surface area contributed by atoms with E-state index in [1.54, 1.807) is 0 Å². The minimum atomic E-state index is -2.67. The topological polar surface area (TPSA) is 32.3 Å². The highest BCUT2D eigenvalue weighted by atomic mass is 19.3. The fourth-order valence-corrected chi connectivity index (χ4v) is 1.06. The fourth-order valence-electron chi connectivity index (χ4n) is 1.06. The summed E-state index contributed by atoms with van der Waals surface area (Å²) in [6.45, 7) is 2.87.